The first-order valence-corrected chi connectivity index (χ1v) is 11.1. The Morgan fingerprint density at radius 2 is 1.59 bits per heavy atom. The first kappa shape index (κ1) is 20.8. The monoisotopic (exact) mass is 445 g/mol. The number of hydroxylamine groups is 1. The van der Waals surface area contributed by atoms with Crippen LogP contribution in [0, 0.1) is 0 Å². The molecule has 0 unspecified atom stereocenters. The third kappa shape index (κ3) is 4.15. The molecule has 3 aromatic carbocycles. The summed E-state index contributed by atoms with van der Waals surface area (Å²) in [7, 11) is 0. The summed E-state index contributed by atoms with van der Waals surface area (Å²) in [6.45, 7) is 2.57. The van der Waals surface area contributed by atoms with Crippen molar-refractivity contribution in [1.82, 2.24) is 9.78 Å². The van der Waals surface area contributed by atoms with Gasteiger partial charge < -0.3 is 4.74 Å². The van der Waals surface area contributed by atoms with E-state index in [-0.39, 0.29) is 12.3 Å². The normalized spacial score (nSPS) is 18.2. The Balaban J connectivity index is 1.62. The molecule has 1 aliphatic heterocycles. The Bertz CT molecular complexity index is 1160. The van der Waals surface area contributed by atoms with Crippen molar-refractivity contribution in [2.24, 2.45) is 0 Å². The second kappa shape index (κ2) is 9.17. The molecular weight excluding hydrogens is 422 g/mol. The molecule has 1 saturated heterocycles. The van der Waals surface area contributed by atoms with Gasteiger partial charge in [-0.1, -0.05) is 60.1 Å². The Hall–Kier alpha value is -3.12. The predicted octanol–water partition coefficient (Wildman–Crippen LogP) is 6.44. The summed E-state index contributed by atoms with van der Waals surface area (Å²) in [6, 6.07) is 28.0. The number of para-hydroxylation sites is 2. The maximum atomic E-state index is 6.23. The van der Waals surface area contributed by atoms with E-state index in [9.17, 15) is 0 Å². The highest BCUT2D eigenvalue weighted by Crippen LogP contribution is 2.42. The third-order valence-electron chi connectivity index (χ3n) is 5.53. The number of hydrogen-bond acceptors (Lipinski definition) is 4. The molecule has 0 aliphatic carbocycles. The Kier molecular flexibility index (Phi) is 5.95. The summed E-state index contributed by atoms with van der Waals surface area (Å²) >= 11 is 6.15. The van der Waals surface area contributed by atoms with Crippen molar-refractivity contribution >= 4 is 17.3 Å². The minimum absolute atomic E-state index is 0.0582. The van der Waals surface area contributed by atoms with Gasteiger partial charge in [0.25, 0.3) is 0 Å². The first-order chi connectivity index (χ1) is 15.7. The van der Waals surface area contributed by atoms with Crippen LogP contribution in [0.25, 0.3) is 16.9 Å². The van der Waals surface area contributed by atoms with Crippen molar-refractivity contribution < 1.29 is 9.57 Å². The third-order valence-corrected chi connectivity index (χ3v) is 5.79. The number of benzene rings is 3. The van der Waals surface area contributed by atoms with Crippen LogP contribution < -0.4 is 5.06 Å². The summed E-state index contributed by atoms with van der Waals surface area (Å²) in [6.07, 6.45) is 2.48. The van der Waals surface area contributed by atoms with Crippen LogP contribution in [0.4, 0.5) is 5.69 Å². The molecule has 0 bridgehead atoms. The lowest BCUT2D eigenvalue weighted by molar-refractivity contribution is -0.115. The van der Waals surface area contributed by atoms with Crippen LogP contribution >= 0.6 is 11.6 Å². The second-order valence-electron chi connectivity index (χ2n) is 7.62. The Labute approximate surface area is 192 Å². The van der Waals surface area contributed by atoms with E-state index in [0.717, 1.165) is 28.2 Å². The van der Waals surface area contributed by atoms with E-state index >= 15 is 0 Å². The zero-order chi connectivity index (χ0) is 21.9. The highest BCUT2D eigenvalue weighted by Gasteiger charge is 2.38. The summed E-state index contributed by atoms with van der Waals surface area (Å²) < 4.78 is 7.78. The lowest BCUT2D eigenvalue weighted by Gasteiger charge is -2.24. The van der Waals surface area contributed by atoms with Crippen LogP contribution in [0.15, 0.2) is 91.1 Å². The minimum Gasteiger partial charge on any atom is -0.350 e. The van der Waals surface area contributed by atoms with Gasteiger partial charge in [0.2, 0.25) is 0 Å². The molecule has 1 aromatic heterocycles. The van der Waals surface area contributed by atoms with Crippen molar-refractivity contribution in [2.75, 3.05) is 11.7 Å². The average Bonchev–Trinajstić information content (AvgIpc) is 3.46. The molecule has 5 nitrogen and oxygen atoms in total. The maximum absolute atomic E-state index is 6.23. The van der Waals surface area contributed by atoms with Crippen molar-refractivity contribution in [3.05, 3.63) is 102 Å². The van der Waals surface area contributed by atoms with Crippen LogP contribution in [0.1, 0.15) is 24.9 Å². The molecule has 0 saturated carbocycles. The molecule has 162 valence electrons. The summed E-state index contributed by atoms with van der Waals surface area (Å²) in [5.41, 5.74) is 4.96. The van der Waals surface area contributed by atoms with E-state index in [1.54, 1.807) is 0 Å². The zero-order valence-electron chi connectivity index (χ0n) is 17.8. The number of hydrogen-bond donors (Lipinski definition) is 0. The van der Waals surface area contributed by atoms with Crippen LogP contribution in [-0.4, -0.2) is 22.7 Å². The lowest BCUT2D eigenvalue weighted by Crippen LogP contribution is -2.22. The number of ether oxygens (including phenoxy) is 1. The van der Waals surface area contributed by atoms with Gasteiger partial charge in [0, 0.05) is 35.4 Å². The SMILES string of the molecule is CCO[C@@H]1C[C@@H](c2cn(-c3ccccc3)nc2-c2ccc(Cl)cc2)N(c2ccccc2)O1. The molecule has 6 heteroatoms. The van der Waals surface area contributed by atoms with E-state index in [1.165, 1.54) is 0 Å². The van der Waals surface area contributed by atoms with Gasteiger partial charge in [0.05, 0.1) is 23.1 Å². The minimum atomic E-state index is -0.316. The van der Waals surface area contributed by atoms with Crippen molar-refractivity contribution in [2.45, 2.75) is 25.7 Å². The fraction of sp³-hybridized carbons (Fsp3) is 0.192. The molecule has 2 atom stereocenters. The quantitative estimate of drug-likeness (QED) is 0.342. The largest absolute Gasteiger partial charge is 0.350 e. The number of halogens is 1. The van der Waals surface area contributed by atoms with Crippen molar-refractivity contribution in [3.63, 3.8) is 0 Å². The molecule has 32 heavy (non-hydrogen) atoms. The molecule has 5 rings (SSSR count). The Morgan fingerprint density at radius 3 is 2.25 bits per heavy atom. The smallest absolute Gasteiger partial charge is 0.186 e. The van der Waals surface area contributed by atoms with Crippen LogP contribution in [0.5, 0.6) is 0 Å². The van der Waals surface area contributed by atoms with Crippen LogP contribution in [-0.2, 0) is 9.57 Å². The van der Waals surface area contributed by atoms with Crippen LogP contribution in [0.3, 0.4) is 0 Å². The summed E-state index contributed by atoms with van der Waals surface area (Å²) in [5.74, 6) is 0. The first-order valence-electron chi connectivity index (χ1n) is 10.8. The zero-order valence-corrected chi connectivity index (χ0v) is 18.5. The van der Waals surface area contributed by atoms with Crippen molar-refractivity contribution in [3.8, 4) is 16.9 Å². The van der Waals surface area contributed by atoms with Gasteiger partial charge in [-0.3, -0.25) is 0 Å². The van der Waals surface area contributed by atoms with Crippen LogP contribution in [0.2, 0.25) is 5.02 Å². The van der Waals surface area contributed by atoms with E-state index in [4.69, 9.17) is 26.3 Å². The van der Waals surface area contributed by atoms with Crippen molar-refractivity contribution in [1.29, 1.82) is 0 Å². The number of anilines is 1. The van der Waals surface area contributed by atoms with Gasteiger partial charge in [-0.25, -0.2) is 14.6 Å². The second-order valence-corrected chi connectivity index (χ2v) is 8.06. The molecule has 1 aliphatic rings. The highest BCUT2D eigenvalue weighted by atomic mass is 35.5. The molecule has 0 spiro atoms. The average molecular weight is 446 g/mol. The maximum Gasteiger partial charge on any atom is 0.186 e. The molecule has 4 aromatic rings. The molecule has 2 heterocycles. The predicted molar refractivity (Wildman–Crippen MR) is 127 cm³/mol. The van der Waals surface area contributed by atoms with Gasteiger partial charge in [0.15, 0.2) is 6.29 Å². The fourth-order valence-corrected chi connectivity index (χ4v) is 4.18. The molecule has 0 radical (unpaired) electrons. The Morgan fingerprint density at radius 1 is 0.938 bits per heavy atom. The summed E-state index contributed by atoms with van der Waals surface area (Å²) in [4.78, 5) is 6.23. The number of aromatic nitrogens is 2. The van der Waals surface area contributed by atoms with E-state index in [2.05, 4.69) is 6.20 Å². The number of rotatable bonds is 6. The van der Waals surface area contributed by atoms with Gasteiger partial charge in [-0.2, -0.15) is 5.10 Å². The molecule has 1 fully saturated rings. The van der Waals surface area contributed by atoms with Gasteiger partial charge in [-0.05, 0) is 43.3 Å². The lowest BCUT2D eigenvalue weighted by atomic mass is 10.00. The van der Waals surface area contributed by atoms with E-state index in [0.29, 0.717) is 18.1 Å². The fourth-order valence-electron chi connectivity index (χ4n) is 4.05. The van der Waals surface area contributed by atoms with E-state index in [1.807, 2.05) is 102 Å². The standard InChI is InChI=1S/C26H24ClN3O2/c1-2-31-25-17-24(30(32-25)22-11-7-4-8-12-22)23-18-29(21-9-5-3-6-10-21)28-26(23)19-13-15-20(27)16-14-19/h3-16,18,24-25H,2,17H2,1H3/t24-,25-/m0/s1. The van der Waals surface area contributed by atoms with Gasteiger partial charge in [-0.15, -0.1) is 0 Å². The summed E-state index contributed by atoms with van der Waals surface area (Å²) in [5, 5.41) is 7.62. The number of nitrogens with zero attached hydrogens (tertiary/aromatic N) is 3. The van der Waals surface area contributed by atoms with E-state index < -0.39 is 0 Å². The van der Waals surface area contributed by atoms with Gasteiger partial charge in [0.1, 0.15) is 0 Å². The topological polar surface area (TPSA) is 39.5 Å². The van der Waals surface area contributed by atoms with Gasteiger partial charge >= 0.3 is 0 Å². The highest BCUT2D eigenvalue weighted by molar-refractivity contribution is 6.30. The molecular formula is C26H24ClN3O2. The molecule has 0 amide bonds. The molecule has 0 N–H and O–H groups in total.